The molecule has 0 spiro atoms. The van der Waals surface area contributed by atoms with Gasteiger partial charge in [-0.2, -0.15) is 0 Å². The summed E-state index contributed by atoms with van der Waals surface area (Å²) in [5, 5.41) is 18.3. The molecule has 0 saturated carbocycles. The van der Waals surface area contributed by atoms with E-state index in [0.29, 0.717) is 0 Å². The van der Waals surface area contributed by atoms with Gasteiger partial charge in [0, 0.05) is 0 Å². The minimum atomic E-state index is -1.01. The maximum Gasteiger partial charge on any atom is 0.313 e. The van der Waals surface area contributed by atoms with Crippen molar-refractivity contribution in [2.45, 2.75) is 26.3 Å². The second-order valence-corrected chi connectivity index (χ2v) is 1.83. The first kappa shape index (κ1) is 9.35. The Labute approximate surface area is 58.8 Å². The number of hydrogen-bond donors (Lipinski definition) is 2. The van der Waals surface area contributed by atoms with Gasteiger partial charge >= 0.3 is 6.47 Å². The van der Waals surface area contributed by atoms with E-state index in [1.54, 1.807) is 0 Å². The molecule has 0 heterocycles. The Bertz CT molecular complexity index is 95.8. The monoisotopic (exact) mass is 149 g/mol. The summed E-state index contributed by atoms with van der Waals surface area (Å²) in [5.41, 5.74) is 0. The summed E-state index contributed by atoms with van der Waals surface area (Å²) in [6, 6.07) is 0. The number of nitrogens with zero attached hydrogens (tertiary/aromatic N) is 1. The molecular formula is C5H11NO4. The standard InChI is InChI=1S/C5H11NO4/c1-4(8)6(5(2)9)10-3-7/h3-5,8-9H,1-2H3. The van der Waals surface area contributed by atoms with E-state index in [4.69, 9.17) is 10.2 Å². The largest absolute Gasteiger partial charge is 0.375 e. The Morgan fingerprint density at radius 2 is 1.80 bits per heavy atom. The molecule has 2 atom stereocenters. The minimum absolute atomic E-state index is 0.138. The lowest BCUT2D eigenvalue weighted by molar-refractivity contribution is -0.267. The molecule has 0 aromatic heterocycles. The Hall–Kier alpha value is -0.650. The van der Waals surface area contributed by atoms with Gasteiger partial charge in [0.25, 0.3) is 0 Å². The summed E-state index contributed by atoms with van der Waals surface area (Å²) in [6.45, 7) is 2.88. The first-order chi connectivity index (χ1) is 4.59. The van der Waals surface area contributed by atoms with Gasteiger partial charge in [0.1, 0.15) is 12.5 Å². The number of rotatable bonds is 4. The normalized spacial score (nSPS) is 16.5. The molecule has 0 aromatic carbocycles. The number of carbonyl (C=O) groups excluding carboxylic acids is 1. The molecule has 0 aliphatic rings. The van der Waals surface area contributed by atoms with Gasteiger partial charge in [-0.25, -0.2) is 0 Å². The highest BCUT2D eigenvalue weighted by Crippen LogP contribution is 1.99. The van der Waals surface area contributed by atoms with Gasteiger partial charge < -0.3 is 15.1 Å². The van der Waals surface area contributed by atoms with Gasteiger partial charge in [0.15, 0.2) is 0 Å². The quantitative estimate of drug-likeness (QED) is 0.306. The Morgan fingerprint density at radius 1 is 1.40 bits per heavy atom. The molecule has 2 unspecified atom stereocenters. The number of carbonyl (C=O) groups is 1. The molecule has 0 aliphatic heterocycles. The lowest BCUT2D eigenvalue weighted by Gasteiger charge is -2.23. The predicted octanol–water partition coefficient (Wildman–Crippen LogP) is -0.947. The molecule has 0 amide bonds. The van der Waals surface area contributed by atoms with E-state index in [1.165, 1.54) is 13.8 Å². The van der Waals surface area contributed by atoms with Crippen LogP contribution in [0.5, 0.6) is 0 Å². The highest BCUT2D eigenvalue weighted by Gasteiger charge is 2.16. The fourth-order valence-corrected chi connectivity index (χ4v) is 0.538. The molecule has 60 valence electrons. The topological polar surface area (TPSA) is 70.0 Å². The summed E-state index contributed by atoms with van der Waals surface area (Å²) in [5.74, 6) is 0. The lowest BCUT2D eigenvalue weighted by Crippen LogP contribution is -2.39. The van der Waals surface area contributed by atoms with Crippen molar-refractivity contribution in [3.05, 3.63) is 0 Å². The molecule has 0 radical (unpaired) electrons. The average molecular weight is 149 g/mol. The van der Waals surface area contributed by atoms with Gasteiger partial charge in [-0.05, 0) is 13.8 Å². The summed E-state index contributed by atoms with van der Waals surface area (Å²) in [6.07, 6.45) is -2.02. The lowest BCUT2D eigenvalue weighted by atomic mass is 10.5. The summed E-state index contributed by atoms with van der Waals surface area (Å²) in [4.78, 5) is 14.0. The SMILES string of the molecule is CC(O)N(OC=O)C(C)O. The highest BCUT2D eigenvalue weighted by atomic mass is 16.7. The van der Waals surface area contributed by atoms with Crippen molar-refractivity contribution >= 4 is 6.47 Å². The molecule has 0 saturated heterocycles. The van der Waals surface area contributed by atoms with Gasteiger partial charge in [-0.15, -0.1) is 0 Å². The molecule has 0 aliphatic carbocycles. The zero-order chi connectivity index (χ0) is 8.15. The third kappa shape index (κ3) is 2.77. The van der Waals surface area contributed by atoms with Crippen LogP contribution in [0.3, 0.4) is 0 Å². The maximum absolute atomic E-state index is 9.74. The molecule has 0 bridgehead atoms. The first-order valence-corrected chi connectivity index (χ1v) is 2.84. The van der Waals surface area contributed by atoms with Crippen molar-refractivity contribution in [3.8, 4) is 0 Å². The van der Waals surface area contributed by atoms with Crippen molar-refractivity contribution in [2.75, 3.05) is 0 Å². The minimum Gasteiger partial charge on any atom is -0.375 e. The van der Waals surface area contributed by atoms with Crippen LogP contribution in [-0.2, 0) is 9.63 Å². The Kier molecular flexibility index (Phi) is 3.94. The second kappa shape index (κ2) is 4.21. The molecular weight excluding hydrogens is 138 g/mol. The van der Waals surface area contributed by atoms with E-state index in [1.807, 2.05) is 0 Å². The number of aliphatic hydroxyl groups excluding tert-OH is 2. The zero-order valence-electron chi connectivity index (χ0n) is 5.89. The van der Waals surface area contributed by atoms with E-state index < -0.39 is 12.5 Å². The summed E-state index contributed by atoms with van der Waals surface area (Å²) < 4.78 is 0. The van der Waals surface area contributed by atoms with Crippen LogP contribution >= 0.6 is 0 Å². The van der Waals surface area contributed by atoms with Crippen molar-refractivity contribution in [1.82, 2.24) is 5.06 Å². The van der Waals surface area contributed by atoms with Crippen molar-refractivity contribution in [2.24, 2.45) is 0 Å². The van der Waals surface area contributed by atoms with Crippen molar-refractivity contribution in [3.63, 3.8) is 0 Å². The van der Waals surface area contributed by atoms with Crippen LogP contribution in [0.4, 0.5) is 0 Å². The molecule has 5 nitrogen and oxygen atoms in total. The Balaban J connectivity index is 3.84. The predicted molar refractivity (Wildman–Crippen MR) is 32.3 cm³/mol. The third-order valence-electron chi connectivity index (χ3n) is 0.901. The van der Waals surface area contributed by atoms with E-state index in [2.05, 4.69) is 4.84 Å². The van der Waals surface area contributed by atoms with Crippen LogP contribution in [0.15, 0.2) is 0 Å². The van der Waals surface area contributed by atoms with Crippen molar-refractivity contribution in [1.29, 1.82) is 0 Å². The van der Waals surface area contributed by atoms with Gasteiger partial charge in [0.05, 0.1) is 0 Å². The summed E-state index contributed by atoms with van der Waals surface area (Å²) >= 11 is 0. The van der Waals surface area contributed by atoms with Crippen LogP contribution < -0.4 is 0 Å². The molecule has 2 N–H and O–H groups in total. The van der Waals surface area contributed by atoms with E-state index in [0.717, 1.165) is 5.06 Å². The van der Waals surface area contributed by atoms with E-state index in [9.17, 15) is 4.79 Å². The fraction of sp³-hybridized carbons (Fsp3) is 0.800. The fourth-order valence-electron chi connectivity index (χ4n) is 0.538. The molecule has 0 fully saturated rings. The molecule has 0 aromatic rings. The van der Waals surface area contributed by atoms with Crippen LogP contribution in [-0.4, -0.2) is 34.2 Å². The van der Waals surface area contributed by atoms with E-state index in [-0.39, 0.29) is 6.47 Å². The molecule has 10 heavy (non-hydrogen) atoms. The molecule has 5 heteroatoms. The Morgan fingerprint density at radius 3 is 1.90 bits per heavy atom. The summed E-state index contributed by atoms with van der Waals surface area (Å²) in [7, 11) is 0. The third-order valence-corrected chi connectivity index (χ3v) is 0.901. The van der Waals surface area contributed by atoms with Crippen molar-refractivity contribution < 1.29 is 19.8 Å². The highest BCUT2D eigenvalue weighted by molar-refractivity contribution is 5.36. The van der Waals surface area contributed by atoms with E-state index >= 15 is 0 Å². The number of hydroxylamine groups is 2. The zero-order valence-corrected chi connectivity index (χ0v) is 5.89. The smallest absolute Gasteiger partial charge is 0.313 e. The number of aliphatic hydroxyl groups is 2. The second-order valence-electron chi connectivity index (χ2n) is 1.83. The van der Waals surface area contributed by atoms with Gasteiger partial charge in [-0.3, -0.25) is 4.79 Å². The van der Waals surface area contributed by atoms with Crippen LogP contribution in [0.25, 0.3) is 0 Å². The maximum atomic E-state index is 9.74. The van der Waals surface area contributed by atoms with Gasteiger partial charge in [0.2, 0.25) is 0 Å². The van der Waals surface area contributed by atoms with Crippen LogP contribution in [0.1, 0.15) is 13.8 Å². The van der Waals surface area contributed by atoms with Crippen LogP contribution in [0, 0.1) is 0 Å². The van der Waals surface area contributed by atoms with Crippen LogP contribution in [0.2, 0.25) is 0 Å². The number of hydrogen-bond acceptors (Lipinski definition) is 5. The average Bonchev–Trinajstić information content (AvgIpc) is 1.81. The van der Waals surface area contributed by atoms with Gasteiger partial charge in [-0.1, -0.05) is 5.06 Å². The molecule has 0 rings (SSSR count). The first-order valence-electron chi connectivity index (χ1n) is 2.84.